The van der Waals surface area contributed by atoms with E-state index < -0.39 is 0 Å². The number of nitrogens with one attached hydrogen (secondary N) is 1. The molecule has 0 fully saturated rings. The first kappa shape index (κ1) is 19.4. The van der Waals surface area contributed by atoms with E-state index in [1.165, 1.54) is 11.1 Å². The third-order valence-corrected chi connectivity index (χ3v) is 6.02. The van der Waals surface area contributed by atoms with Crippen LogP contribution in [-0.2, 0) is 6.42 Å². The van der Waals surface area contributed by atoms with Crippen LogP contribution in [0.4, 0.5) is 11.8 Å². The first-order valence-corrected chi connectivity index (χ1v) is 11.0. The Morgan fingerprint density at radius 2 is 1.68 bits per heavy atom. The molecule has 31 heavy (non-hydrogen) atoms. The van der Waals surface area contributed by atoms with Crippen LogP contribution in [-0.4, -0.2) is 24.6 Å². The second-order valence-electron chi connectivity index (χ2n) is 7.59. The molecule has 5 rings (SSSR count). The van der Waals surface area contributed by atoms with Gasteiger partial charge in [-0.25, -0.2) is 14.5 Å². The number of benzene rings is 2. The van der Waals surface area contributed by atoms with Crippen LogP contribution in [0.15, 0.2) is 60.0 Å². The minimum absolute atomic E-state index is 0.534. The third kappa shape index (κ3) is 3.92. The van der Waals surface area contributed by atoms with Gasteiger partial charge in [0, 0.05) is 28.6 Å². The highest BCUT2D eigenvalue weighted by atomic mass is 32.1. The van der Waals surface area contributed by atoms with E-state index in [1.807, 2.05) is 36.6 Å². The van der Waals surface area contributed by atoms with Gasteiger partial charge in [0.25, 0.3) is 0 Å². The molecule has 3 aromatic heterocycles. The molecule has 0 aliphatic rings. The smallest absolute Gasteiger partial charge is 0.249 e. The van der Waals surface area contributed by atoms with Crippen molar-refractivity contribution in [3.63, 3.8) is 0 Å². The number of nitrogens with zero attached hydrogens (tertiary/aromatic N) is 5. The maximum Gasteiger partial charge on any atom is 0.249 e. The second-order valence-corrected chi connectivity index (χ2v) is 8.42. The van der Waals surface area contributed by atoms with E-state index in [9.17, 15) is 0 Å². The topological polar surface area (TPSA) is 68.0 Å². The fourth-order valence-electron chi connectivity index (χ4n) is 3.61. The molecule has 3 heterocycles. The van der Waals surface area contributed by atoms with Gasteiger partial charge in [-0.05, 0) is 26.3 Å². The second kappa shape index (κ2) is 7.92. The molecule has 0 aliphatic carbocycles. The molecule has 0 atom stereocenters. The van der Waals surface area contributed by atoms with Crippen LogP contribution in [0.2, 0.25) is 0 Å². The Bertz CT molecular complexity index is 1350. The maximum atomic E-state index is 4.72. The van der Waals surface area contributed by atoms with Crippen molar-refractivity contribution in [1.29, 1.82) is 0 Å². The molecule has 0 radical (unpaired) electrons. The lowest BCUT2D eigenvalue weighted by molar-refractivity contribution is 0.952. The zero-order valence-corrected chi connectivity index (χ0v) is 18.4. The molecule has 0 unspecified atom stereocenters. The van der Waals surface area contributed by atoms with Gasteiger partial charge in [-0.15, -0.1) is 16.4 Å². The highest BCUT2D eigenvalue weighted by Crippen LogP contribution is 2.28. The van der Waals surface area contributed by atoms with Gasteiger partial charge >= 0.3 is 0 Å². The summed E-state index contributed by atoms with van der Waals surface area (Å²) in [5.74, 6) is 2.01. The molecular formula is C24H22N6S. The summed E-state index contributed by atoms with van der Waals surface area (Å²) in [4.78, 5) is 14.7. The number of anilines is 2. The van der Waals surface area contributed by atoms with Crippen LogP contribution < -0.4 is 5.32 Å². The normalized spacial score (nSPS) is 11.2. The number of hydrogen-bond acceptors (Lipinski definition) is 6. The summed E-state index contributed by atoms with van der Waals surface area (Å²) < 4.78 is 1.88. The monoisotopic (exact) mass is 426 g/mol. The number of fused-ring (bicyclic) bond motifs is 1. The predicted molar refractivity (Wildman–Crippen MR) is 125 cm³/mol. The lowest BCUT2D eigenvalue weighted by Crippen LogP contribution is -2.07. The van der Waals surface area contributed by atoms with Gasteiger partial charge in [-0.1, -0.05) is 60.2 Å². The van der Waals surface area contributed by atoms with Crippen molar-refractivity contribution in [2.24, 2.45) is 0 Å². The maximum absolute atomic E-state index is 4.72. The third-order valence-electron chi connectivity index (χ3n) is 5.21. The molecule has 1 N–H and O–H groups in total. The van der Waals surface area contributed by atoms with E-state index in [4.69, 9.17) is 5.10 Å². The summed E-state index contributed by atoms with van der Waals surface area (Å²) in [5, 5.41) is 10.2. The van der Waals surface area contributed by atoms with E-state index in [2.05, 4.69) is 69.0 Å². The predicted octanol–water partition coefficient (Wildman–Crippen LogP) is 5.51. The number of aryl methyl sites for hydroxylation is 3. The largest absolute Gasteiger partial charge is 0.307 e. The van der Waals surface area contributed by atoms with Crippen molar-refractivity contribution < 1.29 is 0 Å². The van der Waals surface area contributed by atoms with Gasteiger partial charge in [0.15, 0.2) is 0 Å². The summed E-state index contributed by atoms with van der Waals surface area (Å²) in [7, 11) is 0. The summed E-state index contributed by atoms with van der Waals surface area (Å²) in [6, 6.07) is 18.8. The minimum Gasteiger partial charge on any atom is -0.307 e. The van der Waals surface area contributed by atoms with Crippen LogP contribution in [0.3, 0.4) is 0 Å². The van der Waals surface area contributed by atoms with Crippen molar-refractivity contribution in [3.05, 3.63) is 88.2 Å². The SMILES string of the molecule is Cc1ccc(-c2csc3nc(Nc4nc(C)nc(C)c4Cc4ccccc4)nn23)cc1. The highest BCUT2D eigenvalue weighted by Gasteiger charge is 2.16. The van der Waals surface area contributed by atoms with Crippen LogP contribution in [0.1, 0.15) is 28.2 Å². The van der Waals surface area contributed by atoms with Gasteiger partial charge < -0.3 is 5.32 Å². The van der Waals surface area contributed by atoms with Gasteiger partial charge in [0.1, 0.15) is 11.6 Å². The molecule has 7 heteroatoms. The molecule has 154 valence electrons. The van der Waals surface area contributed by atoms with E-state index in [0.717, 1.165) is 45.5 Å². The molecular weight excluding hydrogens is 404 g/mol. The summed E-state index contributed by atoms with van der Waals surface area (Å²) >= 11 is 1.57. The molecule has 0 bridgehead atoms. The van der Waals surface area contributed by atoms with Gasteiger partial charge in [0.05, 0.1) is 5.69 Å². The number of hydrogen-bond donors (Lipinski definition) is 1. The lowest BCUT2D eigenvalue weighted by Gasteiger charge is -2.12. The molecule has 0 amide bonds. The minimum atomic E-state index is 0.534. The molecule has 2 aromatic carbocycles. The summed E-state index contributed by atoms with van der Waals surface area (Å²) in [5.41, 5.74) is 6.60. The van der Waals surface area contributed by atoms with Crippen molar-refractivity contribution in [1.82, 2.24) is 24.6 Å². The fraction of sp³-hybridized carbons (Fsp3) is 0.167. The average molecular weight is 427 g/mol. The van der Waals surface area contributed by atoms with Crippen LogP contribution in [0.25, 0.3) is 16.2 Å². The first-order chi connectivity index (χ1) is 15.1. The van der Waals surface area contributed by atoms with Crippen molar-refractivity contribution in [2.75, 3.05) is 5.32 Å². The molecule has 6 nitrogen and oxygen atoms in total. The summed E-state index contributed by atoms with van der Waals surface area (Å²) in [6.07, 6.45) is 0.742. The van der Waals surface area contributed by atoms with E-state index in [0.29, 0.717) is 5.95 Å². The molecule has 0 aliphatic heterocycles. The van der Waals surface area contributed by atoms with Gasteiger partial charge in [0.2, 0.25) is 10.9 Å². The fourth-order valence-corrected chi connectivity index (χ4v) is 4.44. The standard InChI is InChI=1S/C24H22N6S/c1-15-9-11-19(12-10-15)21-14-31-24-28-23(29-30(21)24)27-22-20(16(2)25-17(3)26-22)13-18-7-5-4-6-8-18/h4-12,14H,13H2,1-3H3,(H,25,26,27,29). The quantitative estimate of drug-likeness (QED) is 0.401. The zero-order valence-electron chi connectivity index (χ0n) is 17.6. The average Bonchev–Trinajstić information content (AvgIpc) is 3.32. The van der Waals surface area contributed by atoms with Crippen LogP contribution >= 0.6 is 11.3 Å². The molecule has 0 saturated heterocycles. The lowest BCUT2D eigenvalue weighted by atomic mass is 10.0. The van der Waals surface area contributed by atoms with Crippen LogP contribution in [0, 0.1) is 20.8 Å². The first-order valence-electron chi connectivity index (χ1n) is 10.1. The Morgan fingerprint density at radius 1 is 0.903 bits per heavy atom. The van der Waals surface area contributed by atoms with Gasteiger partial charge in [-0.2, -0.15) is 4.98 Å². The Kier molecular flexibility index (Phi) is 4.95. The Balaban J connectivity index is 1.50. The number of aromatic nitrogens is 5. The Labute approximate surface area is 184 Å². The van der Waals surface area contributed by atoms with E-state index in [-0.39, 0.29) is 0 Å². The highest BCUT2D eigenvalue weighted by molar-refractivity contribution is 7.15. The zero-order chi connectivity index (χ0) is 21.4. The number of rotatable bonds is 5. The molecule has 0 spiro atoms. The molecule has 5 aromatic rings. The Morgan fingerprint density at radius 3 is 2.45 bits per heavy atom. The van der Waals surface area contributed by atoms with Gasteiger partial charge in [-0.3, -0.25) is 0 Å². The van der Waals surface area contributed by atoms with Crippen LogP contribution in [0.5, 0.6) is 0 Å². The summed E-state index contributed by atoms with van der Waals surface area (Å²) in [6.45, 7) is 6.01. The van der Waals surface area contributed by atoms with Crippen molar-refractivity contribution >= 4 is 28.1 Å². The Hall–Kier alpha value is -3.58. The molecule has 0 saturated carbocycles. The number of thiazole rings is 1. The van der Waals surface area contributed by atoms with E-state index in [1.54, 1.807) is 11.3 Å². The van der Waals surface area contributed by atoms with E-state index >= 15 is 0 Å². The van der Waals surface area contributed by atoms with Crippen molar-refractivity contribution in [3.8, 4) is 11.3 Å². The van der Waals surface area contributed by atoms with Crippen molar-refractivity contribution in [2.45, 2.75) is 27.2 Å².